The molecule has 15 heavy (non-hydrogen) atoms. The minimum Gasteiger partial charge on any atom is -0.343 e. The monoisotopic (exact) mass is 269 g/mol. The number of piperazine rings is 1. The lowest BCUT2D eigenvalue weighted by Gasteiger charge is -2.25. The maximum Gasteiger partial charge on any atom is 0.254 e. The maximum atomic E-state index is 12.0. The molecule has 0 saturated carbocycles. The van der Waals surface area contributed by atoms with E-state index in [1.54, 1.807) is 0 Å². The van der Waals surface area contributed by atoms with Crippen molar-refractivity contribution in [2.24, 2.45) is 0 Å². The summed E-state index contributed by atoms with van der Waals surface area (Å²) in [6.07, 6.45) is 0. The van der Waals surface area contributed by atoms with Crippen molar-refractivity contribution >= 4 is 21.8 Å². The number of hydrogen-bond donors (Lipinski definition) is 1. The van der Waals surface area contributed by atoms with Crippen molar-refractivity contribution < 1.29 is 10.1 Å². The van der Waals surface area contributed by atoms with Crippen LogP contribution in [0, 0.1) is 0 Å². The highest BCUT2D eigenvalue weighted by molar-refractivity contribution is 9.10. The molecule has 0 bridgehead atoms. The molecule has 0 spiro atoms. The van der Waals surface area contributed by atoms with Crippen LogP contribution in [0.1, 0.15) is 10.4 Å². The molecule has 1 aromatic carbocycles. The number of amides is 1. The molecule has 0 unspecified atom stereocenters. The molecule has 0 radical (unpaired) electrons. The van der Waals surface area contributed by atoms with Gasteiger partial charge in [0.25, 0.3) is 5.91 Å². The Hall–Kier alpha value is -0.870. The highest BCUT2D eigenvalue weighted by Crippen LogP contribution is 2.12. The minimum atomic E-state index is 0.149. The van der Waals surface area contributed by atoms with Gasteiger partial charge in [-0.15, -0.1) is 0 Å². The van der Waals surface area contributed by atoms with Crippen molar-refractivity contribution in [3.8, 4) is 0 Å². The lowest BCUT2D eigenvalue weighted by atomic mass is 10.2. The maximum absolute atomic E-state index is 12.0. The van der Waals surface area contributed by atoms with Crippen LogP contribution in [0.15, 0.2) is 28.7 Å². The van der Waals surface area contributed by atoms with Gasteiger partial charge in [-0.05, 0) is 24.3 Å². The molecule has 80 valence electrons. The number of hydrogen-bond acceptors (Lipinski definition) is 1. The molecule has 0 aromatic heterocycles. The molecule has 4 heteroatoms. The summed E-state index contributed by atoms with van der Waals surface area (Å²) in [5.74, 6) is 0.149. The molecule has 1 aliphatic heterocycles. The largest absolute Gasteiger partial charge is 0.343 e. The third-order valence-corrected chi connectivity index (χ3v) is 3.11. The molecule has 1 aromatic rings. The van der Waals surface area contributed by atoms with Crippen molar-refractivity contribution in [3.63, 3.8) is 0 Å². The molecule has 2 rings (SSSR count). The first kappa shape index (κ1) is 10.6. The Morgan fingerprint density at radius 3 is 2.40 bits per heavy atom. The Bertz CT molecular complexity index is 344. The zero-order valence-electron chi connectivity index (χ0n) is 8.45. The third kappa shape index (κ3) is 2.58. The van der Waals surface area contributed by atoms with Gasteiger partial charge in [0.2, 0.25) is 0 Å². The standard InChI is InChI=1S/C11H13BrN2O/c12-10-3-1-9(2-4-10)11(15)14-7-5-13-6-8-14/h1-4,13H,5-8H2/p+1. The van der Waals surface area contributed by atoms with Gasteiger partial charge in [-0.3, -0.25) is 4.79 Å². The van der Waals surface area contributed by atoms with Crippen LogP contribution < -0.4 is 5.32 Å². The Labute approximate surface area is 97.6 Å². The molecular weight excluding hydrogens is 256 g/mol. The summed E-state index contributed by atoms with van der Waals surface area (Å²) in [6.45, 7) is 3.74. The number of nitrogens with two attached hydrogens (primary N) is 1. The Morgan fingerprint density at radius 1 is 1.20 bits per heavy atom. The minimum absolute atomic E-state index is 0.149. The van der Waals surface area contributed by atoms with E-state index in [1.165, 1.54) is 0 Å². The summed E-state index contributed by atoms with van der Waals surface area (Å²) >= 11 is 3.36. The molecule has 0 aliphatic carbocycles. The van der Waals surface area contributed by atoms with Gasteiger partial charge in [-0.2, -0.15) is 0 Å². The summed E-state index contributed by atoms with van der Waals surface area (Å²) in [6, 6.07) is 7.54. The fourth-order valence-electron chi connectivity index (χ4n) is 1.73. The first-order chi connectivity index (χ1) is 7.27. The SMILES string of the molecule is O=C(c1ccc(Br)cc1)N1CC[NH2+]CC1. The Kier molecular flexibility index (Phi) is 3.38. The van der Waals surface area contributed by atoms with E-state index in [4.69, 9.17) is 0 Å². The summed E-state index contributed by atoms with van der Waals surface area (Å²) in [4.78, 5) is 13.9. The van der Waals surface area contributed by atoms with Crippen molar-refractivity contribution in [3.05, 3.63) is 34.3 Å². The van der Waals surface area contributed by atoms with Gasteiger partial charge in [0.05, 0.1) is 26.2 Å². The average molecular weight is 270 g/mol. The van der Waals surface area contributed by atoms with E-state index in [2.05, 4.69) is 21.2 Å². The van der Waals surface area contributed by atoms with Crippen LogP contribution in [0.5, 0.6) is 0 Å². The summed E-state index contributed by atoms with van der Waals surface area (Å²) < 4.78 is 1.01. The van der Waals surface area contributed by atoms with Gasteiger partial charge >= 0.3 is 0 Å². The quantitative estimate of drug-likeness (QED) is 0.791. The van der Waals surface area contributed by atoms with Crippen molar-refractivity contribution in [2.45, 2.75) is 0 Å². The molecular formula is C11H14BrN2O+. The number of carbonyl (C=O) groups is 1. The molecule has 1 fully saturated rings. The first-order valence-electron chi connectivity index (χ1n) is 5.14. The van der Waals surface area contributed by atoms with Crippen molar-refractivity contribution in [2.75, 3.05) is 26.2 Å². The molecule has 0 atom stereocenters. The predicted molar refractivity (Wildman–Crippen MR) is 61.7 cm³/mol. The number of quaternary nitrogens is 1. The Morgan fingerprint density at radius 2 is 1.80 bits per heavy atom. The van der Waals surface area contributed by atoms with Crippen LogP contribution >= 0.6 is 15.9 Å². The van der Waals surface area contributed by atoms with E-state index in [1.807, 2.05) is 29.2 Å². The fraction of sp³-hybridized carbons (Fsp3) is 0.364. The molecule has 1 heterocycles. The number of rotatable bonds is 1. The van der Waals surface area contributed by atoms with Gasteiger partial charge in [0, 0.05) is 10.0 Å². The van der Waals surface area contributed by atoms with Crippen molar-refractivity contribution in [1.82, 2.24) is 4.90 Å². The van der Waals surface area contributed by atoms with Gasteiger partial charge in [0.15, 0.2) is 0 Å². The Balaban J connectivity index is 2.09. The summed E-state index contributed by atoms with van der Waals surface area (Å²) in [5.41, 5.74) is 0.778. The number of benzene rings is 1. The van der Waals surface area contributed by atoms with Crippen LogP contribution in [-0.2, 0) is 0 Å². The predicted octanol–water partition coefficient (Wildman–Crippen LogP) is 0.468. The second-order valence-electron chi connectivity index (χ2n) is 3.67. The van der Waals surface area contributed by atoms with Crippen molar-refractivity contribution in [1.29, 1.82) is 0 Å². The summed E-state index contributed by atoms with van der Waals surface area (Å²) in [5, 5.41) is 2.24. The second kappa shape index (κ2) is 4.77. The molecule has 2 N–H and O–H groups in total. The van der Waals surface area contributed by atoms with E-state index < -0.39 is 0 Å². The zero-order chi connectivity index (χ0) is 10.7. The van der Waals surface area contributed by atoms with Gasteiger partial charge in [-0.25, -0.2) is 0 Å². The van der Waals surface area contributed by atoms with E-state index in [9.17, 15) is 4.79 Å². The van der Waals surface area contributed by atoms with E-state index >= 15 is 0 Å². The summed E-state index contributed by atoms with van der Waals surface area (Å²) in [7, 11) is 0. The van der Waals surface area contributed by atoms with Gasteiger partial charge in [-0.1, -0.05) is 15.9 Å². The molecule has 1 aliphatic rings. The molecule has 1 saturated heterocycles. The highest BCUT2D eigenvalue weighted by atomic mass is 79.9. The van der Waals surface area contributed by atoms with Gasteiger partial charge < -0.3 is 10.2 Å². The smallest absolute Gasteiger partial charge is 0.254 e. The lowest BCUT2D eigenvalue weighted by molar-refractivity contribution is -0.661. The highest BCUT2D eigenvalue weighted by Gasteiger charge is 2.19. The van der Waals surface area contributed by atoms with Crippen LogP contribution in [0.25, 0.3) is 0 Å². The van der Waals surface area contributed by atoms with Crippen LogP contribution in [0.2, 0.25) is 0 Å². The zero-order valence-corrected chi connectivity index (χ0v) is 10.0. The normalized spacial score (nSPS) is 16.5. The molecule has 1 amide bonds. The van der Waals surface area contributed by atoms with Crippen LogP contribution in [0.3, 0.4) is 0 Å². The van der Waals surface area contributed by atoms with E-state index in [0.29, 0.717) is 0 Å². The fourth-order valence-corrected chi connectivity index (χ4v) is 1.99. The number of carbonyl (C=O) groups excluding carboxylic acids is 1. The van der Waals surface area contributed by atoms with E-state index in [-0.39, 0.29) is 5.91 Å². The molecule has 3 nitrogen and oxygen atoms in total. The number of halogens is 1. The van der Waals surface area contributed by atoms with Crippen LogP contribution in [-0.4, -0.2) is 37.0 Å². The lowest BCUT2D eigenvalue weighted by Crippen LogP contribution is -2.89. The average Bonchev–Trinajstić information content (AvgIpc) is 2.30. The van der Waals surface area contributed by atoms with Gasteiger partial charge in [0.1, 0.15) is 0 Å². The topological polar surface area (TPSA) is 36.9 Å². The first-order valence-corrected chi connectivity index (χ1v) is 5.93. The number of nitrogens with zero attached hydrogens (tertiary/aromatic N) is 1. The third-order valence-electron chi connectivity index (χ3n) is 2.58. The second-order valence-corrected chi connectivity index (χ2v) is 4.58. The van der Waals surface area contributed by atoms with E-state index in [0.717, 1.165) is 36.2 Å². The van der Waals surface area contributed by atoms with Crippen LogP contribution in [0.4, 0.5) is 0 Å².